The Balaban J connectivity index is 1.57. The number of hydrogen-bond donors (Lipinski definition) is 1. The zero-order valence-corrected chi connectivity index (χ0v) is 16.6. The van der Waals surface area contributed by atoms with Crippen LogP contribution in [0.3, 0.4) is 0 Å². The van der Waals surface area contributed by atoms with E-state index in [-0.39, 0.29) is 29.3 Å². The van der Waals surface area contributed by atoms with Crippen molar-refractivity contribution in [1.82, 2.24) is 23.6 Å². The minimum absolute atomic E-state index is 0.146. The van der Waals surface area contributed by atoms with Crippen molar-refractivity contribution in [3.05, 3.63) is 27.2 Å². The van der Waals surface area contributed by atoms with Crippen LogP contribution in [0.2, 0.25) is 0 Å². The number of hydrogen-bond acceptors (Lipinski definition) is 6. The molecule has 0 aromatic carbocycles. The fraction of sp³-hybridized carbons (Fsp3) is 0.737. The summed E-state index contributed by atoms with van der Waals surface area (Å²) in [6.45, 7) is 4.04. The standard InChI is InChI=1S/C19H29N5O4/c1-21-16-15(17(26)22(2)18(21)27)24(13-20-16)8-7-23-12-19(4-3-14(23)11-25)5-9-28-10-6-19/h13-14,25H,3-12H2,1-2H3. The van der Waals surface area contributed by atoms with Gasteiger partial charge in [0.1, 0.15) is 0 Å². The Kier molecular flexibility index (Phi) is 5.15. The van der Waals surface area contributed by atoms with Crippen LogP contribution in [-0.2, 0) is 25.4 Å². The SMILES string of the molecule is Cn1c(=O)c2c(ncn2CCN2CC3(CCOCC3)CCC2CO)n(C)c1=O. The van der Waals surface area contributed by atoms with Gasteiger partial charge in [-0.15, -0.1) is 0 Å². The van der Waals surface area contributed by atoms with Gasteiger partial charge < -0.3 is 14.4 Å². The number of aliphatic hydroxyl groups excluding tert-OH is 1. The summed E-state index contributed by atoms with van der Waals surface area (Å²) in [5.41, 5.74) is 0.435. The Morgan fingerprint density at radius 1 is 1.18 bits per heavy atom. The van der Waals surface area contributed by atoms with Crippen molar-refractivity contribution in [3.8, 4) is 0 Å². The highest BCUT2D eigenvalue weighted by Gasteiger charge is 2.40. The summed E-state index contributed by atoms with van der Waals surface area (Å²) in [6.07, 6.45) is 5.89. The van der Waals surface area contributed by atoms with Crippen LogP contribution in [0.4, 0.5) is 0 Å². The van der Waals surface area contributed by atoms with E-state index in [1.165, 1.54) is 11.6 Å². The second kappa shape index (κ2) is 7.46. The molecule has 1 atom stereocenters. The minimum Gasteiger partial charge on any atom is -0.395 e. The van der Waals surface area contributed by atoms with Crippen LogP contribution in [-0.4, -0.2) is 67.6 Å². The Morgan fingerprint density at radius 3 is 2.64 bits per heavy atom. The largest absolute Gasteiger partial charge is 0.395 e. The fourth-order valence-corrected chi connectivity index (χ4v) is 4.78. The first-order valence-corrected chi connectivity index (χ1v) is 9.99. The third-order valence-electron chi connectivity index (χ3n) is 6.67. The number of aryl methyl sites for hydroxylation is 1. The van der Waals surface area contributed by atoms with Crippen LogP contribution in [0.5, 0.6) is 0 Å². The molecule has 2 aromatic rings. The molecule has 2 fully saturated rings. The maximum atomic E-state index is 12.6. The highest BCUT2D eigenvalue weighted by Crippen LogP contribution is 2.40. The third-order valence-corrected chi connectivity index (χ3v) is 6.67. The van der Waals surface area contributed by atoms with E-state index in [0.29, 0.717) is 17.7 Å². The average Bonchev–Trinajstić information content (AvgIpc) is 3.14. The van der Waals surface area contributed by atoms with Gasteiger partial charge in [-0.1, -0.05) is 0 Å². The summed E-state index contributed by atoms with van der Waals surface area (Å²) in [7, 11) is 3.12. The zero-order valence-electron chi connectivity index (χ0n) is 16.6. The van der Waals surface area contributed by atoms with Gasteiger partial charge in [-0.25, -0.2) is 9.78 Å². The Labute approximate surface area is 163 Å². The molecule has 1 spiro atoms. The first-order chi connectivity index (χ1) is 13.5. The number of ether oxygens (including phenoxy) is 1. The molecule has 9 heteroatoms. The van der Waals surface area contributed by atoms with E-state index in [0.717, 1.165) is 56.6 Å². The maximum Gasteiger partial charge on any atom is 0.332 e. The lowest BCUT2D eigenvalue weighted by Crippen LogP contribution is -2.52. The molecule has 4 rings (SSSR count). The van der Waals surface area contributed by atoms with Gasteiger partial charge in [0.15, 0.2) is 11.2 Å². The Morgan fingerprint density at radius 2 is 1.93 bits per heavy atom. The van der Waals surface area contributed by atoms with Crippen molar-refractivity contribution in [3.63, 3.8) is 0 Å². The summed E-state index contributed by atoms with van der Waals surface area (Å²) < 4.78 is 9.91. The van der Waals surface area contributed by atoms with Gasteiger partial charge in [0, 0.05) is 53.0 Å². The highest BCUT2D eigenvalue weighted by molar-refractivity contribution is 5.69. The predicted octanol–water partition coefficient (Wildman–Crippen LogP) is -0.313. The van der Waals surface area contributed by atoms with Crippen LogP contribution in [0.15, 0.2) is 15.9 Å². The smallest absolute Gasteiger partial charge is 0.332 e. The van der Waals surface area contributed by atoms with Gasteiger partial charge in [-0.2, -0.15) is 0 Å². The number of piperidine rings is 1. The van der Waals surface area contributed by atoms with E-state index in [4.69, 9.17) is 4.74 Å². The minimum atomic E-state index is -0.374. The second-order valence-corrected chi connectivity index (χ2v) is 8.27. The molecule has 0 aliphatic carbocycles. The van der Waals surface area contributed by atoms with Crippen LogP contribution in [0.1, 0.15) is 25.7 Å². The van der Waals surface area contributed by atoms with Crippen molar-refractivity contribution in [1.29, 1.82) is 0 Å². The third kappa shape index (κ3) is 3.21. The van der Waals surface area contributed by atoms with Gasteiger partial charge in [-0.05, 0) is 31.1 Å². The van der Waals surface area contributed by atoms with Crippen LogP contribution >= 0.6 is 0 Å². The highest BCUT2D eigenvalue weighted by atomic mass is 16.5. The second-order valence-electron chi connectivity index (χ2n) is 8.27. The Hall–Kier alpha value is -1.97. The summed E-state index contributed by atoms with van der Waals surface area (Å²) >= 11 is 0. The fourth-order valence-electron chi connectivity index (χ4n) is 4.78. The van der Waals surface area contributed by atoms with Crippen molar-refractivity contribution in [2.24, 2.45) is 19.5 Å². The molecule has 2 aromatic heterocycles. The lowest BCUT2D eigenvalue weighted by atomic mass is 9.72. The molecule has 28 heavy (non-hydrogen) atoms. The average molecular weight is 391 g/mol. The van der Waals surface area contributed by atoms with E-state index >= 15 is 0 Å². The molecule has 2 aliphatic rings. The lowest BCUT2D eigenvalue weighted by molar-refractivity contribution is -0.0529. The summed E-state index contributed by atoms with van der Waals surface area (Å²) in [5.74, 6) is 0. The Bertz CT molecular complexity index is 969. The van der Waals surface area contributed by atoms with Crippen molar-refractivity contribution < 1.29 is 9.84 Å². The van der Waals surface area contributed by atoms with Gasteiger partial charge in [0.2, 0.25) is 0 Å². The molecule has 1 unspecified atom stereocenters. The molecular weight excluding hydrogens is 362 g/mol. The maximum absolute atomic E-state index is 12.6. The molecule has 9 nitrogen and oxygen atoms in total. The van der Waals surface area contributed by atoms with E-state index in [9.17, 15) is 14.7 Å². The molecule has 1 N–H and O–H groups in total. The normalized spacial score (nSPS) is 22.9. The van der Waals surface area contributed by atoms with E-state index in [1.807, 2.05) is 4.57 Å². The summed E-state index contributed by atoms with van der Waals surface area (Å²) in [4.78, 5) is 31.4. The topological polar surface area (TPSA) is 94.5 Å². The summed E-state index contributed by atoms with van der Waals surface area (Å²) in [6, 6.07) is 0.149. The van der Waals surface area contributed by atoms with E-state index in [1.54, 1.807) is 13.4 Å². The molecular formula is C19H29N5O4. The molecule has 4 heterocycles. The molecule has 154 valence electrons. The number of fused-ring (bicyclic) bond motifs is 1. The number of likely N-dealkylation sites (tertiary alicyclic amines) is 1. The van der Waals surface area contributed by atoms with Gasteiger partial charge in [0.25, 0.3) is 5.56 Å². The first-order valence-electron chi connectivity index (χ1n) is 9.99. The number of nitrogens with zero attached hydrogens (tertiary/aromatic N) is 5. The van der Waals surface area contributed by atoms with Crippen LogP contribution in [0.25, 0.3) is 11.2 Å². The number of aliphatic hydroxyl groups is 1. The molecule has 2 aliphatic heterocycles. The monoisotopic (exact) mass is 391 g/mol. The number of aromatic nitrogens is 4. The van der Waals surface area contributed by atoms with Crippen LogP contribution < -0.4 is 11.2 Å². The van der Waals surface area contributed by atoms with Crippen molar-refractivity contribution in [2.45, 2.75) is 38.3 Å². The molecule has 0 amide bonds. The molecule has 0 radical (unpaired) electrons. The zero-order chi connectivity index (χ0) is 19.9. The number of imidazole rings is 1. The van der Waals surface area contributed by atoms with Crippen molar-refractivity contribution in [2.75, 3.05) is 32.9 Å². The quantitative estimate of drug-likeness (QED) is 0.768. The molecule has 0 bridgehead atoms. The van der Waals surface area contributed by atoms with Gasteiger partial charge >= 0.3 is 5.69 Å². The summed E-state index contributed by atoms with van der Waals surface area (Å²) in [5, 5.41) is 9.85. The van der Waals surface area contributed by atoms with E-state index in [2.05, 4.69) is 9.88 Å². The van der Waals surface area contributed by atoms with Crippen LogP contribution in [0, 0.1) is 5.41 Å². The van der Waals surface area contributed by atoms with E-state index < -0.39 is 0 Å². The lowest BCUT2D eigenvalue weighted by Gasteiger charge is -2.48. The molecule has 2 saturated heterocycles. The van der Waals surface area contributed by atoms with Gasteiger partial charge in [-0.3, -0.25) is 18.8 Å². The number of rotatable bonds is 4. The van der Waals surface area contributed by atoms with Crippen molar-refractivity contribution >= 4 is 11.2 Å². The van der Waals surface area contributed by atoms with Gasteiger partial charge in [0.05, 0.1) is 12.9 Å². The predicted molar refractivity (Wildman–Crippen MR) is 104 cm³/mol. The molecule has 0 saturated carbocycles. The first kappa shape index (κ1) is 19.4.